The Morgan fingerprint density at radius 3 is 1.10 bits per heavy atom. The lowest BCUT2D eigenvalue weighted by Gasteiger charge is -2.29. The Bertz CT molecular complexity index is 3530. The maximum absolute atomic E-state index is 2.45. The third-order valence-electron chi connectivity index (χ3n) is 13.8. The molecule has 0 aromatic heterocycles. The van der Waals surface area contributed by atoms with Crippen LogP contribution in [0.1, 0.15) is 25.0 Å². The molecule has 0 atom stereocenters. The fourth-order valence-electron chi connectivity index (χ4n) is 10.6. The maximum Gasteiger partial charge on any atom is 0.0465 e. The third kappa shape index (κ3) is 6.97. The summed E-state index contributed by atoms with van der Waals surface area (Å²) in [5.74, 6) is 0. The second kappa shape index (κ2) is 16.5. The van der Waals surface area contributed by atoms with E-state index in [1.54, 1.807) is 0 Å². The van der Waals surface area contributed by atoms with Crippen LogP contribution in [-0.4, -0.2) is 0 Å². The molecule has 1 aliphatic carbocycles. The maximum atomic E-state index is 2.45. The highest BCUT2D eigenvalue weighted by Gasteiger charge is 2.36. The van der Waals surface area contributed by atoms with Gasteiger partial charge in [-0.3, -0.25) is 0 Å². The van der Waals surface area contributed by atoms with E-state index in [-0.39, 0.29) is 5.41 Å². The summed E-state index contributed by atoms with van der Waals surface area (Å²) >= 11 is 0. The van der Waals surface area contributed by atoms with E-state index in [0.29, 0.717) is 0 Å². The van der Waals surface area contributed by atoms with Gasteiger partial charge in [0.15, 0.2) is 0 Å². The van der Waals surface area contributed by atoms with E-state index in [1.807, 2.05) is 0 Å². The van der Waals surface area contributed by atoms with Gasteiger partial charge in [0.1, 0.15) is 0 Å². The van der Waals surface area contributed by atoms with E-state index in [0.717, 1.165) is 34.1 Å². The molecule has 0 spiro atoms. The summed E-state index contributed by atoms with van der Waals surface area (Å²) in [5.41, 5.74) is 19.2. The molecule has 0 aliphatic heterocycles. The second-order valence-corrected chi connectivity index (χ2v) is 18.1. The van der Waals surface area contributed by atoms with Crippen LogP contribution in [0.3, 0.4) is 0 Å². The summed E-state index contributed by atoms with van der Waals surface area (Å²) in [5, 5.41) is 5.05. The van der Waals surface area contributed by atoms with Gasteiger partial charge in [-0.2, -0.15) is 0 Å². The summed E-state index contributed by atoms with van der Waals surface area (Å²) in [4.78, 5) is 4.70. The van der Waals surface area contributed by atoms with Gasteiger partial charge in [0.05, 0.1) is 0 Å². The lowest BCUT2D eigenvalue weighted by atomic mass is 9.81. The van der Waals surface area contributed by atoms with Crippen LogP contribution in [0.25, 0.3) is 66.1 Å². The molecule has 12 rings (SSSR count). The highest BCUT2D eigenvalue weighted by Crippen LogP contribution is 2.52. The second-order valence-electron chi connectivity index (χ2n) is 18.1. The van der Waals surface area contributed by atoms with Crippen LogP contribution in [0.15, 0.2) is 255 Å². The molecule has 0 saturated carbocycles. The number of benzene rings is 11. The Kier molecular flexibility index (Phi) is 9.88. The molecule has 11 aromatic rings. The molecule has 0 heterocycles. The van der Waals surface area contributed by atoms with Crippen molar-refractivity contribution in [3.05, 3.63) is 266 Å². The molecule has 0 bridgehead atoms. The molecular weight excluding hydrogens is 809 g/mol. The minimum atomic E-state index is -0.239. The normalized spacial score (nSPS) is 12.4. The predicted octanol–water partition coefficient (Wildman–Crippen LogP) is 18.2. The highest BCUT2D eigenvalue weighted by molar-refractivity contribution is 6.22. The Hall–Kier alpha value is -8.46. The Balaban J connectivity index is 0.944. The molecule has 1 aliphatic rings. The Morgan fingerprint density at radius 2 is 0.597 bits per heavy atom. The minimum absolute atomic E-state index is 0.239. The average molecular weight is 857 g/mol. The fourth-order valence-corrected chi connectivity index (χ4v) is 10.6. The van der Waals surface area contributed by atoms with Crippen molar-refractivity contribution in [3.8, 4) is 44.5 Å². The van der Waals surface area contributed by atoms with E-state index < -0.39 is 0 Å². The molecule has 0 unspecified atom stereocenters. The van der Waals surface area contributed by atoms with Crippen molar-refractivity contribution in [1.29, 1.82) is 0 Å². The molecule has 0 N–H and O–H groups in total. The standard InChI is InChI=1S/C65H48N2/c1-65(2)61-43-48(47-33-40-59-60(42-47)64(46-22-10-4-11-23-46)58-31-19-18-30-57(58)63(59)45-20-8-3-9-21-45)32-39-55(61)56-41-38-54(44-62(56)65)67(51-28-16-7-17-29-51)53-36-34-52(35-37-53)66(49-24-12-5-13-25-49)50-26-14-6-15-27-50/h3-44H,1-2H3. The molecule has 318 valence electrons. The van der Waals surface area contributed by atoms with Gasteiger partial charge in [-0.05, 0) is 162 Å². The minimum Gasteiger partial charge on any atom is -0.311 e. The van der Waals surface area contributed by atoms with Gasteiger partial charge in [-0.15, -0.1) is 0 Å². The number of para-hydroxylation sites is 3. The lowest BCUT2D eigenvalue weighted by molar-refractivity contribution is 0.660. The van der Waals surface area contributed by atoms with Crippen LogP contribution in [0, 0.1) is 0 Å². The lowest BCUT2D eigenvalue weighted by Crippen LogP contribution is -2.17. The smallest absolute Gasteiger partial charge is 0.0465 e. The van der Waals surface area contributed by atoms with Crippen LogP contribution in [0.2, 0.25) is 0 Å². The van der Waals surface area contributed by atoms with Crippen molar-refractivity contribution in [2.75, 3.05) is 9.80 Å². The van der Waals surface area contributed by atoms with Crippen LogP contribution in [0.4, 0.5) is 34.1 Å². The Labute approximate surface area is 393 Å². The molecule has 0 radical (unpaired) electrons. The first-order valence-corrected chi connectivity index (χ1v) is 23.3. The molecular formula is C65H48N2. The van der Waals surface area contributed by atoms with E-state index in [4.69, 9.17) is 0 Å². The van der Waals surface area contributed by atoms with Crippen molar-refractivity contribution in [2.24, 2.45) is 0 Å². The summed E-state index contributed by atoms with van der Waals surface area (Å²) in [6, 6.07) is 92.9. The molecule has 67 heavy (non-hydrogen) atoms. The quantitative estimate of drug-likeness (QED) is 0.133. The number of hydrogen-bond donors (Lipinski definition) is 0. The van der Waals surface area contributed by atoms with E-state index in [9.17, 15) is 0 Å². The monoisotopic (exact) mass is 856 g/mol. The van der Waals surface area contributed by atoms with Crippen molar-refractivity contribution in [2.45, 2.75) is 19.3 Å². The van der Waals surface area contributed by atoms with Crippen LogP contribution in [-0.2, 0) is 5.41 Å². The number of rotatable bonds is 9. The van der Waals surface area contributed by atoms with Gasteiger partial charge < -0.3 is 9.80 Å². The first kappa shape index (κ1) is 40.1. The zero-order valence-electron chi connectivity index (χ0n) is 37.6. The van der Waals surface area contributed by atoms with E-state index >= 15 is 0 Å². The molecule has 0 amide bonds. The summed E-state index contributed by atoms with van der Waals surface area (Å²) in [7, 11) is 0. The molecule has 0 fully saturated rings. The largest absolute Gasteiger partial charge is 0.311 e. The van der Waals surface area contributed by atoms with Crippen molar-refractivity contribution < 1.29 is 0 Å². The summed E-state index contributed by atoms with van der Waals surface area (Å²) in [6.07, 6.45) is 0. The number of anilines is 6. The number of fused-ring (bicyclic) bond motifs is 5. The first-order valence-electron chi connectivity index (χ1n) is 23.3. The summed E-state index contributed by atoms with van der Waals surface area (Å²) < 4.78 is 0. The number of nitrogens with zero attached hydrogens (tertiary/aromatic N) is 2. The molecule has 11 aromatic carbocycles. The van der Waals surface area contributed by atoms with Gasteiger partial charge in [0.2, 0.25) is 0 Å². The zero-order chi connectivity index (χ0) is 44.9. The van der Waals surface area contributed by atoms with Gasteiger partial charge in [0.25, 0.3) is 0 Å². The van der Waals surface area contributed by atoms with Gasteiger partial charge in [-0.1, -0.05) is 184 Å². The van der Waals surface area contributed by atoms with Crippen LogP contribution in [0.5, 0.6) is 0 Å². The SMILES string of the molecule is CC1(C)c2cc(-c3ccc4c(-c5ccccc5)c5ccccc5c(-c5ccccc5)c4c3)ccc2-c2ccc(N(c3ccccc3)c3ccc(N(c4ccccc4)c4ccccc4)cc3)cc21. The van der Waals surface area contributed by atoms with Gasteiger partial charge in [-0.25, -0.2) is 0 Å². The van der Waals surface area contributed by atoms with Crippen molar-refractivity contribution in [1.82, 2.24) is 0 Å². The van der Waals surface area contributed by atoms with Gasteiger partial charge >= 0.3 is 0 Å². The topological polar surface area (TPSA) is 6.48 Å². The fraction of sp³-hybridized carbons (Fsp3) is 0.0462. The van der Waals surface area contributed by atoms with Crippen molar-refractivity contribution >= 4 is 55.7 Å². The van der Waals surface area contributed by atoms with Crippen LogP contribution >= 0.6 is 0 Å². The Morgan fingerprint density at radius 1 is 0.254 bits per heavy atom. The third-order valence-corrected chi connectivity index (χ3v) is 13.8. The molecule has 2 nitrogen and oxygen atoms in total. The van der Waals surface area contributed by atoms with E-state index in [1.165, 1.54) is 77.2 Å². The van der Waals surface area contributed by atoms with Gasteiger partial charge in [0, 0.05) is 39.5 Å². The molecule has 0 saturated heterocycles. The first-order chi connectivity index (χ1) is 33.0. The molecule has 2 heteroatoms. The summed E-state index contributed by atoms with van der Waals surface area (Å²) in [6.45, 7) is 4.78. The van der Waals surface area contributed by atoms with Crippen molar-refractivity contribution in [3.63, 3.8) is 0 Å². The van der Waals surface area contributed by atoms with E-state index in [2.05, 4.69) is 278 Å². The zero-order valence-corrected chi connectivity index (χ0v) is 37.6. The van der Waals surface area contributed by atoms with Crippen LogP contribution < -0.4 is 9.80 Å². The average Bonchev–Trinajstić information content (AvgIpc) is 3.62. The number of hydrogen-bond acceptors (Lipinski definition) is 2. The highest BCUT2D eigenvalue weighted by atomic mass is 15.2. The predicted molar refractivity (Wildman–Crippen MR) is 285 cm³/mol.